The number of rotatable bonds is 6. The topological polar surface area (TPSA) is 111 Å². The summed E-state index contributed by atoms with van der Waals surface area (Å²) in [5.41, 5.74) is 2.58. The van der Waals surface area contributed by atoms with Crippen LogP contribution in [0.1, 0.15) is 31.1 Å². The van der Waals surface area contributed by atoms with Crippen LogP contribution < -0.4 is 24.9 Å². The minimum Gasteiger partial charge on any atom is -0.504 e. The fraction of sp³-hybridized carbons (Fsp3) is 0.185. The maximum Gasteiger partial charge on any atom is 0.271 e. The zero-order chi connectivity index (χ0) is 26.1. The molecule has 1 amide bonds. The molecule has 4 aromatic rings. The van der Waals surface area contributed by atoms with Crippen molar-refractivity contribution in [3.05, 3.63) is 103 Å². The van der Waals surface area contributed by atoms with E-state index >= 15 is 0 Å². The minimum absolute atomic E-state index is 0.0394. The van der Waals surface area contributed by atoms with Crippen LogP contribution in [-0.2, 0) is 11.3 Å². The summed E-state index contributed by atoms with van der Waals surface area (Å²) < 4.78 is 9.12. The van der Waals surface area contributed by atoms with Gasteiger partial charge < -0.3 is 15.2 Å². The fourth-order valence-electron chi connectivity index (χ4n) is 4.38. The summed E-state index contributed by atoms with van der Waals surface area (Å²) in [5, 5.41) is 17.4. The highest BCUT2D eigenvalue weighted by molar-refractivity contribution is 7.07. The molecule has 1 aliphatic heterocycles. The van der Waals surface area contributed by atoms with Gasteiger partial charge in [0.15, 0.2) is 16.3 Å². The van der Waals surface area contributed by atoms with Crippen LogP contribution in [0.4, 0.5) is 5.69 Å². The number of allylic oxidation sites excluding steroid dienone is 1. The van der Waals surface area contributed by atoms with Crippen molar-refractivity contribution < 1.29 is 14.6 Å². The monoisotopic (exact) mass is 515 g/mol. The predicted molar refractivity (Wildman–Crippen MR) is 141 cm³/mol. The van der Waals surface area contributed by atoms with Gasteiger partial charge in [0.25, 0.3) is 11.5 Å². The zero-order valence-electron chi connectivity index (χ0n) is 20.5. The van der Waals surface area contributed by atoms with Gasteiger partial charge >= 0.3 is 0 Å². The van der Waals surface area contributed by atoms with Crippen molar-refractivity contribution in [2.45, 2.75) is 26.4 Å². The van der Waals surface area contributed by atoms with E-state index in [1.807, 2.05) is 31.2 Å². The highest BCUT2D eigenvalue weighted by atomic mass is 32.1. The van der Waals surface area contributed by atoms with Crippen molar-refractivity contribution in [3.63, 3.8) is 0 Å². The van der Waals surface area contributed by atoms with E-state index < -0.39 is 6.04 Å². The smallest absolute Gasteiger partial charge is 0.271 e. The van der Waals surface area contributed by atoms with Crippen LogP contribution in [0.2, 0.25) is 0 Å². The lowest BCUT2D eigenvalue weighted by molar-refractivity contribution is -0.113. The standard InChI is InChI=1S/C27H25N5O4S/c1-4-31-19(12-13-28-31)15-22-26(35)32-24(17-10-11-20(33)21(14-17)36-3)23(16(2)29-27(32)37-22)25(34)30-18-8-6-5-7-9-18/h5-15,24,33H,4H2,1-3H3,(H,30,34)/b22-15+. The Hall–Kier alpha value is -4.44. The number of aromatic nitrogens is 3. The van der Waals surface area contributed by atoms with Crippen LogP contribution >= 0.6 is 11.3 Å². The van der Waals surface area contributed by atoms with Crippen LogP contribution in [0.5, 0.6) is 11.5 Å². The Kier molecular flexibility index (Phi) is 6.49. The Morgan fingerprint density at radius 2 is 2.00 bits per heavy atom. The van der Waals surface area contributed by atoms with Gasteiger partial charge in [0.1, 0.15) is 0 Å². The average molecular weight is 516 g/mol. The number of anilines is 1. The molecule has 188 valence electrons. The lowest BCUT2D eigenvalue weighted by Gasteiger charge is -2.25. The maximum atomic E-state index is 13.8. The molecular formula is C27H25N5O4S. The number of hydrogen-bond donors (Lipinski definition) is 2. The number of aromatic hydroxyl groups is 1. The second-order valence-electron chi connectivity index (χ2n) is 8.41. The summed E-state index contributed by atoms with van der Waals surface area (Å²) in [6, 6.07) is 15.0. The summed E-state index contributed by atoms with van der Waals surface area (Å²) >= 11 is 1.25. The molecule has 2 aromatic carbocycles. The summed E-state index contributed by atoms with van der Waals surface area (Å²) in [5.74, 6) is -0.172. The van der Waals surface area contributed by atoms with Crippen molar-refractivity contribution in [1.82, 2.24) is 14.3 Å². The molecule has 3 heterocycles. The Balaban J connectivity index is 1.71. The van der Waals surface area contributed by atoms with Crippen LogP contribution in [-0.4, -0.2) is 32.5 Å². The molecule has 0 aliphatic carbocycles. The number of phenolic OH excluding ortho intramolecular Hbond substituents is 1. The number of nitrogens with one attached hydrogen (secondary N) is 1. The third kappa shape index (κ3) is 4.47. The molecular weight excluding hydrogens is 490 g/mol. The molecule has 1 atom stereocenters. The van der Waals surface area contributed by atoms with Gasteiger partial charge in [-0.25, -0.2) is 4.99 Å². The van der Waals surface area contributed by atoms with Gasteiger partial charge in [-0.1, -0.05) is 35.6 Å². The van der Waals surface area contributed by atoms with Gasteiger partial charge in [-0.2, -0.15) is 5.10 Å². The van der Waals surface area contributed by atoms with Crippen LogP contribution in [0.15, 0.2) is 81.9 Å². The first-order valence-corrected chi connectivity index (χ1v) is 12.5. The lowest BCUT2D eigenvalue weighted by atomic mass is 9.94. The van der Waals surface area contributed by atoms with Gasteiger partial charge in [0, 0.05) is 18.4 Å². The van der Waals surface area contributed by atoms with E-state index in [2.05, 4.69) is 15.4 Å². The molecule has 9 nitrogen and oxygen atoms in total. The molecule has 0 fully saturated rings. The Bertz CT molecular complexity index is 1700. The first kappa shape index (κ1) is 24.3. The molecule has 37 heavy (non-hydrogen) atoms. The number of para-hydroxylation sites is 1. The van der Waals surface area contributed by atoms with Crippen molar-refractivity contribution in [3.8, 4) is 11.5 Å². The average Bonchev–Trinajstić information content (AvgIpc) is 3.47. The summed E-state index contributed by atoms with van der Waals surface area (Å²) in [6.45, 7) is 4.40. The first-order chi connectivity index (χ1) is 17.9. The normalized spacial score (nSPS) is 15.3. The van der Waals surface area contributed by atoms with Crippen molar-refractivity contribution in [2.75, 3.05) is 12.4 Å². The molecule has 2 aromatic heterocycles. The lowest BCUT2D eigenvalue weighted by Crippen LogP contribution is -2.40. The van der Waals surface area contributed by atoms with Crippen molar-refractivity contribution in [1.29, 1.82) is 0 Å². The van der Waals surface area contributed by atoms with Crippen molar-refractivity contribution in [2.24, 2.45) is 4.99 Å². The Labute approximate surface area is 216 Å². The number of carbonyl (C=O) groups excluding carboxylic acids is 1. The van der Waals surface area contributed by atoms with E-state index in [1.54, 1.807) is 48.1 Å². The fourth-order valence-corrected chi connectivity index (χ4v) is 5.41. The van der Waals surface area contributed by atoms with E-state index in [0.717, 1.165) is 5.69 Å². The second-order valence-corrected chi connectivity index (χ2v) is 9.41. The third-order valence-electron chi connectivity index (χ3n) is 6.15. The number of carbonyl (C=O) groups is 1. The largest absolute Gasteiger partial charge is 0.504 e. The molecule has 10 heteroatoms. The summed E-state index contributed by atoms with van der Waals surface area (Å²) in [6.07, 6.45) is 3.48. The van der Waals surface area contributed by atoms with Gasteiger partial charge in [-0.05, 0) is 55.8 Å². The van der Waals surface area contributed by atoms with Gasteiger partial charge in [-0.15, -0.1) is 0 Å². The van der Waals surface area contributed by atoms with Crippen molar-refractivity contribution >= 4 is 29.0 Å². The number of fused-ring (bicyclic) bond motifs is 1. The molecule has 2 N–H and O–H groups in total. The summed E-state index contributed by atoms with van der Waals surface area (Å²) in [7, 11) is 1.45. The van der Waals surface area contributed by atoms with E-state index in [0.29, 0.717) is 38.4 Å². The summed E-state index contributed by atoms with van der Waals surface area (Å²) in [4.78, 5) is 32.5. The molecule has 0 saturated carbocycles. The third-order valence-corrected chi connectivity index (χ3v) is 7.13. The number of amides is 1. The molecule has 1 unspecified atom stereocenters. The van der Waals surface area contributed by atoms with Gasteiger partial charge in [0.05, 0.1) is 34.6 Å². The predicted octanol–water partition coefficient (Wildman–Crippen LogP) is 2.80. The number of methoxy groups -OCH3 is 1. The van der Waals surface area contributed by atoms with E-state index in [-0.39, 0.29) is 23.0 Å². The number of ether oxygens (including phenoxy) is 1. The Morgan fingerprint density at radius 1 is 1.22 bits per heavy atom. The number of nitrogens with zero attached hydrogens (tertiary/aromatic N) is 4. The number of benzene rings is 2. The number of aryl methyl sites for hydroxylation is 1. The minimum atomic E-state index is -0.785. The maximum absolute atomic E-state index is 13.8. The number of thiazole rings is 1. The van der Waals surface area contributed by atoms with E-state index in [9.17, 15) is 14.7 Å². The highest BCUT2D eigenvalue weighted by Crippen LogP contribution is 2.35. The molecule has 0 bridgehead atoms. The molecule has 0 radical (unpaired) electrons. The number of phenols is 1. The van der Waals surface area contributed by atoms with E-state index in [4.69, 9.17) is 4.74 Å². The Morgan fingerprint density at radius 3 is 2.73 bits per heavy atom. The molecule has 0 spiro atoms. The van der Waals surface area contributed by atoms with E-state index in [1.165, 1.54) is 29.1 Å². The molecule has 1 aliphatic rings. The zero-order valence-corrected chi connectivity index (χ0v) is 21.3. The SMILES string of the molecule is CCn1nccc1/C=c1/sc2n(c1=O)C(c1ccc(O)c(OC)c1)C(C(=O)Nc1ccccc1)=C(C)N=2. The quantitative estimate of drug-likeness (QED) is 0.410. The first-order valence-electron chi connectivity index (χ1n) is 11.7. The van der Waals surface area contributed by atoms with Gasteiger partial charge in [0.2, 0.25) is 0 Å². The molecule has 0 saturated heterocycles. The van der Waals surface area contributed by atoms with Crippen LogP contribution in [0.25, 0.3) is 6.08 Å². The number of hydrogen-bond acceptors (Lipinski definition) is 7. The molecule has 5 rings (SSSR count). The second kappa shape index (κ2) is 9.90. The highest BCUT2D eigenvalue weighted by Gasteiger charge is 2.33. The van der Waals surface area contributed by atoms with Gasteiger partial charge in [-0.3, -0.25) is 18.8 Å². The van der Waals surface area contributed by atoms with Crippen LogP contribution in [0.3, 0.4) is 0 Å². The van der Waals surface area contributed by atoms with Crippen LogP contribution in [0, 0.1) is 0 Å².